The third-order valence-corrected chi connectivity index (χ3v) is 3.67. The first-order valence-corrected chi connectivity index (χ1v) is 8.38. The molecule has 2 aromatic heterocycles. The molecule has 0 radical (unpaired) electrons. The Bertz CT molecular complexity index is 947. The first-order chi connectivity index (χ1) is 12.5. The summed E-state index contributed by atoms with van der Waals surface area (Å²) in [7, 11) is 0. The summed E-state index contributed by atoms with van der Waals surface area (Å²) in [5.74, 6) is 0.161. The molecule has 0 aliphatic heterocycles. The second-order valence-electron chi connectivity index (χ2n) is 6.12. The van der Waals surface area contributed by atoms with Crippen LogP contribution >= 0.6 is 0 Å². The van der Waals surface area contributed by atoms with Crippen LogP contribution in [-0.2, 0) is 6.54 Å². The van der Waals surface area contributed by atoms with Gasteiger partial charge in [-0.15, -0.1) is 10.2 Å². The smallest absolute Gasteiger partial charge is 0.349 e. The summed E-state index contributed by atoms with van der Waals surface area (Å²) < 4.78 is 12.7. The quantitative estimate of drug-likeness (QED) is 0.513. The van der Waals surface area contributed by atoms with E-state index in [1.54, 1.807) is 30.9 Å². The van der Waals surface area contributed by atoms with Gasteiger partial charge in [0, 0.05) is 24.5 Å². The minimum absolute atomic E-state index is 0.0145. The highest BCUT2D eigenvalue weighted by atomic mass is 16.5. The van der Waals surface area contributed by atoms with E-state index < -0.39 is 11.5 Å². The number of fused-ring (bicyclic) bond motifs is 1. The Balaban J connectivity index is 1.67. The van der Waals surface area contributed by atoms with E-state index in [0.29, 0.717) is 36.2 Å². The molecule has 1 amide bonds. The maximum atomic E-state index is 12.3. The molecule has 0 saturated heterocycles. The second kappa shape index (κ2) is 7.81. The largest absolute Gasteiger partial charge is 0.491 e. The number of nitrogens with zero attached hydrogens (tertiary/aromatic N) is 3. The molecule has 0 bridgehead atoms. The number of rotatable bonds is 7. The average molecular weight is 356 g/mol. The van der Waals surface area contributed by atoms with Gasteiger partial charge in [0.25, 0.3) is 5.91 Å². The minimum atomic E-state index is -0.671. The lowest BCUT2D eigenvalue weighted by atomic mass is 10.1. The number of hydrogen-bond donors (Lipinski definition) is 1. The van der Waals surface area contributed by atoms with Crippen molar-refractivity contribution in [2.24, 2.45) is 0 Å². The molecule has 8 nitrogen and oxygen atoms in total. The number of aromatic nitrogens is 3. The predicted molar refractivity (Wildman–Crippen MR) is 95.2 cm³/mol. The molecule has 136 valence electrons. The number of aryl methyl sites for hydroxylation is 1. The van der Waals surface area contributed by atoms with Crippen molar-refractivity contribution in [1.29, 1.82) is 0 Å². The van der Waals surface area contributed by atoms with Gasteiger partial charge in [-0.3, -0.25) is 4.79 Å². The van der Waals surface area contributed by atoms with Crippen LogP contribution in [0.15, 0.2) is 46.1 Å². The van der Waals surface area contributed by atoms with Gasteiger partial charge in [-0.05, 0) is 38.5 Å². The van der Waals surface area contributed by atoms with Gasteiger partial charge in [0.2, 0.25) is 0 Å². The number of carbonyl (C=O) groups excluding carboxylic acids is 1. The van der Waals surface area contributed by atoms with Gasteiger partial charge in [-0.1, -0.05) is 0 Å². The summed E-state index contributed by atoms with van der Waals surface area (Å²) in [5, 5.41) is 10.8. The number of carbonyl (C=O) groups is 1. The van der Waals surface area contributed by atoms with Gasteiger partial charge < -0.3 is 19.0 Å². The molecule has 2 heterocycles. The molecule has 26 heavy (non-hydrogen) atoms. The van der Waals surface area contributed by atoms with Crippen molar-refractivity contribution in [2.45, 2.75) is 32.9 Å². The van der Waals surface area contributed by atoms with Crippen molar-refractivity contribution in [3.63, 3.8) is 0 Å². The van der Waals surface area contributed by atoms with Crippen molar-refractivity contribution in [3.8, 4) is 5.75 Å². The van der Waals surface area contributed by atoms with Crippen LogP contribution < -0.4 is 15.7 Å². The Morgan fingerprint density at radius 2 is 2.04 bits per heavy atom. The number of nitrogens with one attached hydrogen (secondary N) is 1. The van der Waals surface area contributed by atoms with E-state index in [9.17, 15) is 9.59 Å². The number of benzene rings is 1. The summed E-state index contributed by atoms with van der Waals surface area (Å²) in [6.45, 7) is 4.93. The minimum Gasteiger partial charge on any atom is -0.491 e. The molecule has 0 aliphatic rings. The van der Waals surface area contributed by atoms with E-state index in [1.165, 1.54) is 6.07 Å². The fourth-order valence-electron chi connectivity index (χ4n) is 2.49. The van der Waals surface area contributed by atoms with Crippen LogP contribution in [0, 0.1) is 0 Å². The Kier molecular flexibility index (Phi) is 5.31. The Morgan fingerprint density at radius 1 is 1.27 bits per heavy atom. The van der Waals surface area contributed by atoms with Crippen molar-refractivity contribution >= 4 is 16.9 Å². The van der Waals surface area contributed by atoms with Gasteiger partial charge >= 0.3 is 5.63 Å². The van der Waals surface area contributed by atoms with Crippen LogP contribution in [0.4, 0.5) is 0 Å². The standard InChI is InChI=1S/C18H20N4O4/c1-12(2)25-14-5-4-13-8-15(18(24)26-16(13)9-14)17(23)19-6-3-7-22-10-20-21-11-22/h4-5,8-12H,3,6-7H2,1-2H3,(H,19,23). The van der Waals surface area contributed by atoms with Crippen LogP contribution in [0.25, 0.3) is 11.0 Å². The predicted octanol–water partition coefficient (Wildman–Crippen LogP) is 1.99. The zero-order valence-corrected chi connectivity index (χ0v) is 14.6. The van der Waals surface area contributed by atoms with E-state index in [4.69, 9.17) is 9.15 Å². The van der Waals surface area contributed by atoms with Crippen molar-refractivity contribution in [1.82, 2.24) is 20.1 Å². The molecule has 8 heteroatoms. The highest BCUT2D eigenvalue weighted by Crippen LogP contribution is 2.21. The molecule has 0 spiro atoms. The zero-order chi connectivity index (χ0) is 18.5. The first kappa shape index (κ1) is 17.7. The summed E-state index contributed by atoms with van der Waals surface area (Å²) in [6.07, 6.45) is 3.93. The van der Waals surface area contributed by atoms with Crippen molar-refractivity contribution < 1.29 is 13.9 Å². The number of hydrogen-bond acceptors (Lipinski definition) is 6. The van der Waals surface area contributed by atoms with Gasteiger partial charge in [0.1, 0.15) is 29.6 Å². The van der Waals surface area contributed by atoms with E-state index in [0.717, 1.165) is 0 Å². The molecule has 1 aromatic carbocycles. The Hall–Kier alpha value is -3.16. The molecular weight excluding hydrogens is 336 g/mol. The molecule has 0 aliphatic carbocycles. The van der Waals surface area contributed by atoms with Gasteiger partial charge in [0.05, 0.1) is 6.10 Å². The van der Waals surface area contributed by atoms with E-state index in [1.807, 2.05) is 18.4 Å². The van der Waals surface area contributed by atoms with E-state index in [2.05, 4.69) is 15.5 Å². The molecule has 0 atom stereocenters. The Labute approximate surface area is 149 Å². The van der Waals surface area contributed by atoms with E-state index >= 15 is 0 Å². The molecule has 1 N–H and O–H groups in total. The maximum Gasteiger partial charge on any atom is 0.349 e. The topological polar surface area (TPSA) is 99.2 Å². The molecular formula is C18H20N4O4. The first-order valence-electron chi connectivity index (χ1n) is 8.38. The molecule has 0 saturated carbocycles. The van der Waals surface area contributed by atoms with Crippen LogP contribution in [0.3, 0.4) is 0 Å². The summed E-state index contributed by atoms with van der Waals surface area (Å²) >= 11 is 0. The van der Waals surface area contributed by atoms with Crippen LogP contribution in [-0.4, -0.2) is 33.3 Å². The molecule has 3 aromatic rings. The third kappa shape index (κ3) is 4.27. The fraction of sp³-hybridized carbons (Fsp3) is 0.333. The maximum absolute atomic E-state index is 12.3. The van der Waals surface area contributed by atoms with Crippen LogP contribution in [0.1, 0.15) is 30.6 Å². The third-order valence-electron chi connectivity index (χ3n) is 3.67. The lowest BCUT2D eigenvalue weighted by Gasteiger charge is -2.10. The average Bonchev–Trinajstić information content (AvgIpc) is 3.10. The SMILES string of the molecule is CC(C)Oc1ccc2cc(C(=O)NCCCn3cnnc3)c(=O)oc2c1. The molecule has 3 rings (SSSR count). The normalized spacial score (nSPS) is 11.0. The van der Waals surface area contributed by atoms with Crippen molar-refractivity contribution in [3.05, 3.63) is 52.9 Å². The monoisotopic (exact) mass is 356 g/mol. The van der Waals surface area contributed by atoms with Crippen LogP contribution in [0.5, 0.6) is 5.75 Å². The fourth-order valence-corrected chi connectivity index (χ4v) is 2.49. The molecule has 0 unspecified atom stereocenters. The zero-order valence-electron chi connectivity index (χ0n) is 14.6. The second-order valence-corrected chi connectivity index (χ2v) is 6.12. The summed E-state index contributed by atoms with van der Waals surface area (Å²) in [6, 6.07) is 6.73. The lowest BCUT2D eigenvalue weighted by molar-refractivity contribution is 0.0949. The number of ether oxygens (including phenoxy) is 1. The number of amides is 1. The van der Waals surface area contributed by atoms with Gasteiger partial charge in [0.15, 0.2) is 0 Å². The lowest BCUT2D eigenvalue weighted by Crippen LogP contribution is -2.29. The van der Waals surface area contributed by atoms with Gasteiger partial charge in [-0.25, -0.2) is 4.79 Å². The highest BCUT2D eigenvalue weighted by molar-refractivity contribution is 5.96. The molecule has 0 fully saturated rings. The highest BCUT2D eigenvalue weighted by Gasteiger charge is 2.14. The summed E-state index contributed by atoms with van der Waals surface area (Å²) in [4.78, 5) is 24.4. The van der Waals surface area contributed by atoms with Crippen LogP contribution in [0.2, 0.25) is 0 Å². The Morgan fingerprint density at radius 3 is 2.77 bits per heavy atom. The van der Waals surface area contributed by atoms with E-state index in [-0.39, 0.29) is 11.7 Å². The van der Waals surface area contributed by atoms with Crippen molar-refractivity contribution in [2.75, 3.05) is 6.54 Å². The van der Waals surface area contributed by atoms with Gasteiger partial charge in [-0.2, -0.15) is 0 Å². The summed E-state index contributed by atoms with van der Waals surface area (Å²) in [5.41, 5.74) is -0.299.